The highest BCUT2D eigenvalue weighted by Gasteiger charge is 2.32. The van der Waals surface area contributed by atoms with E-state index < -0.39 is 0 Å². The molecule has 4 rings (SSSR count). The Hall–Kier alpha value is -2.79. The van der Waals surface area contributed by atoms with E-state index in [0.29, 0.717) is 12.2 Å². The first-order valence-electron chi connectivity index (χ1n) is 9.91. The van der Waals surface area contributed by atoms with Crippen molar-refractivity contribution in [2.24, 2.45) is 0 Å². The van der Waals surface area contributed by atoms with Crippen LogP contribution in [-0.4, -0.2) is 11.5 Å². The molecule has 0 aromatic heterocycles. The molecule has 0 bridgehead atoms. The molecule has 30 heavy (non-hydrogen) atoms. The topological polar surface area (TPSA) is 47.6 Å². The zero-order valence-electron chi connectivity index (χ0n) is 17.3. The van der Waals surface area contributed by atoms with E-state index in [9.17, 15) is 4.79 Å². The SMILES string of the molecule is Cc1cc(Br)ccc1NC(=O)c1ccc(COc2cccc3c2OC(C)(C)C3)cc1. The van der Waals surface area contributed by atoms with E-state index in [1.807, 2.05) is 61.5 Å². The maximum atomic E-state index is 12.6. The van der Waals surface area contributed by atoms with Crippen LogP contribution < -0.4 is 14.8 Å². The van der Waals surface area contributed by atoms with E-state index in [1.54, 1.807) is 0 Å². The summed E-state index contributed by atoms with van der Waals surface area (Å²) in [6, 6.07) is 19.2. The minimum Gasteiger partial charge on any atom is -0.485 e. The molecule has 0 unspecified atom stereocenters. The van der Waals surface area contributed by atoms with Crippen molar-refractivity contribution in [3.63, 3.8) is 0 Å². The highest BCUT2D eigenvalue weighted by Crippen LogP contribution is 2.41. The van der Waals surface area contributed by atoms with E-state index in [2.05, 4.69) is 41.2 Å². The summed E-state index contributed by atoms with van der Waals surface area (Å²) in [5.41, 5.74) is 4.37. The van der Waals surface area contributed by atoms with Gasteiger partial charge in [0.25, 0.3) is 5.91 Å². The van der Waals surface area contributed by atoms with Crippen LogP contribution in [0, 0.1) is 6.92 Å². The van der Waals surface area contributed by atoms with Crippen molar-refractivity contribution < 1.29 is 14.3 Å². The second-order valence-corrected chi connectivity index (χ2v) is 9.10. The summed E-state index contributed by atoms with van der Waals surface area (Å²) < 4.78 is 13.1. The Morgan fingerprint density at radius 3 is 2.63 bits per heavy atom. The number of anilines is 1. The monoisotopic (exact) mass is 465 g/mol. The summed E-state index contributed by atoms with van der Waals surface area (Å²) in [5, 5.41) is 2.96. The van der Waals surface area contributed by atoms with Crippen LogP contribution in [0.5, 0.6) is 11.5 Å². The molecular weight excluding hydrogens is 442 g/mol. The lowest BCUT2D eigenvalue weighted by atomic mass is 10.0. The average Bonchev–Trinajstić information content (AvgIpc) is 3.03. The van der Waals surface area contributed by atoms with Gasteiger partial charge in [-0.15, -0.1) is 0 Å². The molecule has 0 saturated carbocycles. The van der Waals surface area contributed by atoms with E-state index in [1.165, 1.54) is 5.56 Å². The molecule has 0 radical (unpaired) electrons. The molecule has 0 aliphatic carbocycles. The van der Waals surface area contributed by atoms with Gasteiger partial charge in [-0.3, -0.25) is 4.79 Å². The molecule has 1 heterocycles. The van der Waals surface area contributed by atoms with Crippen LogP contribution in [0.1, 0.15) is 40.9 Å². The van der Waals surface area contributed by atoms with Gasteiger partial charge in [-0.05, 0) is 68.3 Å². The number of carbonyl (C=O) groups is 1. The van der Waals surface area contributed by atoms with Crippen molar-refractivity contribution in [2.75, 3.05) is 5.32 Å². The molecular formula is C25H24BrNO3. The first-order valence-corrected chi connectivity index (χ1v) is 10.7. The third-order valence-corrected chi connectivity index (χ3v) is 5.60. The molecule has 1 aliphatic heterocycles. The molecule has 0 atom stereocenters. The lowest BCUT2D eigenvalue weighted by Gasteiger charge is -2.18. The van der Waals surface area contributed by atoms with Gasteiger partial charge in [-0.2, -0.15) is 0 Å². The van der Waals surface area contributed by atoms with Gasteiger partial charge >= 0.3 is 0 Å². The summed E-state index contributed by atoms with van der Waals surface area (Å²) in [6.07, 6.45) is 0.876. The Labute approximate surface area is 185 Å². The molecule has 5 heteroatoms. The molecule has 3 aromatic carbocycles. The van der Waals surface area contributed by atoms with E-state index in [-0.39, 0.29) is 11.5 Å². The van der Waals surface area contributed by atoms with Gasteiger partial charge in [-0.25, -0.2) is 0 Å². The normalized spacial score (nSPS) is 14.0. The summed E-state index contributed by atoms with van der Waals surface area (Å²) in [4.78, 5) is 12.6. The third-order valence-electron chi connectivity index (χ3n) is 5.10. The van der Waals surface area contributed by atoms with Crippen LogP contribution in [0.4, 0.5) is 5.69 Å². The summed E-state index contributed by atoms with van der Waals surface area (Å²) in [5.74, 6) is 1.46. The number of aryl methyl sites for hydroxylation is 1. The third kappa shape index (κ3) is 4.51. The van der Waals surface area contributed by atoms with E-state index in [0.717, 1.165) is 39.2 Å². The number of para-hydroxylation sites is 1. The van der Waals surface area contributed by atoms with Crippen molar-refractivity contribution in [2.45, 2.75) is 39.4 Å². The Balaban J connectivity index is 1.40. The number of benzene rings is 3. The average molecular weight is 466 g/mol. The van der Waals surface area contributed by atoms with E-state index >= 15 is 0 Å². The predicted molar refractivity (Wildman–Crippen MR) is 122 cm³/mol. The van der Waals surface area contributed by atoms with Gasteiger partial charge in [-0.1, -0.05) is 40.2 Å². The van der Waals surface area contributed by atoms with Gasteiger partial charge in [0.15, 0.2) is 11.5 Å². The molecule has 1 amide bonds. The molecule has 0 spiro atoms. The lowest BCUT2D eigenvalue weighted by molar-refractivity contribution is 0.102. The van der Waals surface area contributed by atoms with Crippen molar-refractivity contribution >= 4 is 27.5 Å². The van der Waals surface area contributed by atoms with Crippen LogP contribution in [0.3, 0.4) is 0 Å². The first-order chi connectivity index (χ1) is 14.3. The number of ether oxygens (including phenoxy) is 2. The summed E-state index contributed by atoms with van der Waals surface area (Å²) in [6.45, 7) is 6.53. The van der Waals surface area contributed by atoms with Crippen LogP contribution >= 0.6 is 15.9 Å². The maximum absolute atomic E-state index is 12.6. The Bertz CT molecular complexity index is 1090. The molecule has 3 aromatic rings. The second kappa shape index (κ2) is 8.15. The first kappa shape index (κ1) is 20.5. The minimum atomic E-state index is -0.204. The number of fused-ring (bicyclic) bond motifs is 1. The number of halogens is 1. The number of hydrogen-bond acceptors (Lipinski definition) is 3. The lowest BCUT2D eigenvalue weighted by Crippen LogP contribution is -2.24. The molecule has 0 saturated heterocycles. The summed E-state index contributed by atoms with van der Waals surface area (Å²) >= 11 is 3.44. The van der Waals surface area contributed by atoms with Crippen LogP contribution in [0.25, 0.3) is 0 Å². The Morgan fingerprint density at radius 2 is 1.90 bits per heavy atom. The minimum absolute atomic E-state index is 0.135. The standard InChI is InChI=1S/C25H24BrNO3/c1-16-13-20(26)11-12-21(16)27-24(28)18-9-7-17(8-10-18)15-29-22-6-4-5-19-14-25(2,3)30-23(19)22/h4-13H,14-15H2,1-3H3,(H,27,28). The summed E-state index contributed by atoms with van der Waals surface area (Å²) in [7, 11) is 0. The zero-order valence-corrected chi connectivity index (χ0v) is 18.9. The zero-order chi connectivity index (χ0) is 21.3. The van der Waals surface area contributed by atoms with Crippen molar-refractivity contribution in [3.05, 3.63) is 87.4 Å². The predicted octanol–water partition coefficient (Wildman–Crippen LogP) is 6.30. The molecule has 1 N–H and O–H groups in total. The number of amides is 1. The van der Waals surface area contributed by atoms with Gasteiger partial charge in [0.05, 0.1) is 0 Å². The fourth-order valence-corrected chi connectivity index (χ4v) is 4.05. The number of carbonyl (C=O) groups excluding carboxylic acids is 1. The fourth-order valence-electron chi connectivity index (χ4n) is 3.58. The van der Waals surface area contributed by atoms with Crippen molar-refractivity contribution in [1.29, 1.82) is 0 Å². The molecule has 1 aliphatic rings. The van der Waals surface area contributed by atoms with Crippen LogP contribution in [0.2, 0.25) is 0 Å². The number of rotatable bonds is 5. The maximum Gasteiger partial charge on any atom is 0.255 e. The van der Waals surface area contributed by atoms with Gasteiger partial charge in [0.2, 0.25) is 0 Å². The number of hydrogen-bond donors (Lipinski definition) is 1. The highest BCUT2D eigenvalue weighted by molar-refractivity contribution is 9.10. The smallest absolute Gasteiger partial charge is 0.255 e. The molecule has 0 fully saturated rings. The van der Waals surface area contributed by atoms with Gasteiger partial charge in [0, 0.05) is 27.7 Å². The van der Waals surface area contributed by atoms with Crippen molar-refractivity contribution in [3.8, 4) is 11.5 Å². The molecule has 4 nitrogen and oxygen atoms in total. The van der Waals surface area contributed by atoms with Gasteiger partial charge in [0.1, 0.15) is 12.2 Å². The quantitative estimate of drug-likeness (QED) is 0.480. The van der Waals surface area contributed by atoms with Crippen LogP contribution in [0.15, 0.2) is 65.1 Å². The van der Waals surface area contributed by atoms with Crippen molar-refractivity contribution in [1.82, 2.24) is 0 Å². The van der Waals surface area contributed by atoms with Gasteiger partial charge < -0.3 is 14.8 Å². The van der Waals surface area contributed by atoms with E-state index in [4.69, 9.17) is 9.47 Å². The number of nitrogens with one attached hydrogen (secondary N) is 1. The largest absolute Gasteiger partial charge is 0.485 e. The van der Waals surface area contributed by atoms with Crippen LogP contribution in [-0.2, 0) is 13.0 Å². The Kier molecular flexibility index (Phi) is 5.56. The highest BCUT2D eigenvalue weighted by atomic mass is 79.9. The molecule has 154 valence electrons. The fraction of sp³-hybridized carbons (Fsp3) is 0.240. The Morgan fingerprint density at radius 1 is 1.13 bits per heavy atom. The second-order valence-electron chi connectivity index (χ2n) is 8.18.